The maximum Gasteiger partial charge on any atom is 0.317 e. The van der Waals surface area contributed by atoms with E-state index in [-0.39, 0.29) is 11.9 Å². The minimum Gasteiger partial charge on any atom is -0.339 e. The minimum atomic E-state index is -0.0260. The number of nitrogens with zero attached hydrogens (tertiary/aromatic N) is 2. The van der Waals surface area contributed by atoms with Crippen LogP contribution in [0.4, 0.5) is 4.79 Å². The van der Waals surface area contributed by atoms with Gasteiger partial charge in [0.15, 0.2) is 0 Å². The third kappa shape index (κ3) is 6.24. The molecular formula is C19H28ClN3O2. The Hall–Kier alpha value is -1.75. The molecule has 5 nitrogen and oxygen atoms in total. The highest BCUT2D eigenvalue weighted by atomic mass is 35.5. The van der Waals surface area contributed by atoms with E-state index >= 15 is 0 Å². The largest absolute Gasteiger partial charge is 0.339 e. The van der Waals surface area contributed by atoms with Gasteiger partial charge in [0.25, 0.3) is 0 Å². The SMILES string of the molecule is CC(C)CCCNC(=O)N1CCN(C(=O)Cc2ccccc2Cl)CC1. The molecule has 3 amide bonds. The number of urea groups is 1. The fourth-order valence-electron chi connectivity index (χ4n) is 2.89. The molecule has 1 N–H and O–H groups in total. The fourth-order valence-corrected chi connectivity index (χ4v) is 3.10. The van der Waals surface area contributed by atoms with Gasteiger partial charge in [0, 0.05) is 37.7 Å². The molecule has 0 atom stereocenters. The summed E-state index contributed by atoms with van der Waals surface area (Å²) in [4.78, 5) is 28.2. The first-order chi connectivity index (χ1) is 12.0. The Morgan fingerprint density at radius 2 is 1.76 bits per heavy atom. The molecule has 2 rings (SSSR count). The van der Waals surface area contributed by atoms with Crippen LogP contribution >= 0.6 is 11.6 Å². The molecule has 6 heteroatoms. The zero-order valence-electron chi connectivity index (χ0n) is 15.1. The summed E-state index contributed by atoms with van der Waals surface area (Å²) in [6.07, 6.45) is 2.42. The molecule has 138 valence electrons. The van der Waals surface area contributed by atoms with Crippen molar-refractivity contribution >= 4 is 23.5 Å². The maximum absolute atomic E-state index is 12.4. The monoisotopic (exact) mass is 365 g/mol. The van der Waals surface area contributed by atoms with Crippen LogP contribution in [0, 0.1) is 5.92 Å². The van der Waals surface area contributed by atoms with Crippen LogP contribution in [0.25, 0.3) is 0 Å². The molecule has 0 radical (unpaired) electrons. The number of hydrogen-bond donors (Lipinski definition) is 1. The Morgan fingerprint density at radius 3 is 2.40 bits per heavy atom. The van der Waals surface area contributed by atoms with Crippen LogP contribution in [-0.2, 0) is 11.2 Å². The molecule has 0 aromatic heterocycles. The molecular weight excluding hydrogens is 338 g/mol. The fraction of sp³-hybridized carbons (Fsp3) is 0.579. The second-order valence-electron chi connectivity index (χ2n) is 6.90. The molecule has 1 aromatic rings. The normalized spacial score (nSPS) is 14.7. The van der Waals surface area contributed by atoms with Gasteiger partial charge in [-0.2, -0.15) is 0 Å². The lowest BCUT2D eigenvalue weighted by Crippen LogP contribution is -2.53. The lowest BCUT2D eigenvalue weighted by molar-refractivity contribution is -0.131. The minimum absolute atomic E-state index is 0.0260. The average molecular weight is 366 g/mol. The number of carbonyl (C=O) groups is 2. The Balaban J connectivity index is 1.72. The molecule has 1 aromatic carbocycles. The second kappa shape index (κ2) is 9.66. The highest BCUT2D eigenvalue weighted by molar-refractivity contribution is 6.31. The van der Waals surface area contributed by atoms with Crippen molar-refractivity contribution in [2.24, 2.45) is 5.92 Å². The zero-order valence-corrected chi connectivity index (χ0v) is 15.9. The second-order valence-corrected chi connectivity index (χ2v) is 7.31. The number of benzene rings is 1. The van der Waals surface area contributed by atoms with Crippen LogP contribution < -0.4 is 5.32 Å². The van der Waals surface area contributed by atoms with E-state index in [1.54, 1.807) is 11.0 Å². The molecule has 1 aliphatic heterocycles. The van der Waals surface area contributed by atoms with Gasteiger partial charge in [-0.3, -0.25) is 4.79 Å². The topological polar surface area (TPSA) is 52.7 Å². The first kappa shape index (κ1) is 19.6. The van der Waals surface area contributed by atoms with Crippen molar-refractivity contribution in [3.63, 3.8) is 0 Å². The molecule has 0 aliphatic carbocycles. The zero-order chi connectivity index (χ0) is 18.2. The van der Waals surface area contributed by atoms with Crippen LogP contribution in [0.1, 0.15) is 32.3 Å². The van der Waals surface area contributed by atoms with Crippen LogP contribution in [0.2, 0.25) is 5.02 Å². The van der Waals surface area contributed by atoms with Crippen LogP contribution in [-0.4, -0.2) is 54.5 Å². The summed E-state index contributed by atoms with van der Waals surface area (Å²) in [7, 11) is 0. The average Bonchev–Trinajstić information content (AvgIpc) is 2.60. The van der Waals surface area contributed by atoms with Crippen LogP contribution in [0.15, 0.2) is 24.3 Å². The van der Waals surface area contributed by atoms with Crippen molar-refractivity contribution < 1.29 is 9.59 Å². The van der Waals surface area contributed by atoms with E-state index in [9.17, 15) is 9.59 Å². The van der Waals surface area contributed by atoms with Crippen molar-refractivity contribution in [3.8, 4) is 0 Å². The Morgan fingerprint density at radius 1 is 1.12 bits per heavy atom. The van der Waals surface area contributed by atoms with Crippen molar-refractivity contribution in [1.82, 2.24) is 15.1 Å². The number of piperazine rings is 1. The van der Waals surface area contributed by atoms with Gasteiger partial charge in [-0.25, -0.2) is 4.79 Å². The van der Waals surface area contributed by atoms with E-state index in [1.807, 2.05) is 23.1 Å². The first-order valence-corrected chi connectivity index (χ1v) is 9.39. The number of carbonyl (C=O) groups excluding carboxylic acids is 2. The third-order valence-corrected chi connectivity index (χ3v) is 4.82. The van der Waals surface area contributed by atoms with Crippen molar-refractivity contribution in [2.75, 3.05) is 32.7 Å². The summed E-state index contributed by atoms with van der Waals surface area (Å²) < 4.78 is 0. The summed E-state index contributed by atoms with van der Waals surface area (Å²) in [6, 6.07) is 7.39. The molecule has 25 heavy (non-hydrogen) atoms. The van der Waals surface area contributed by atoms with Crippen molar-refractivity contribution in [1.29, 1.82) is 0 Å². The summed E-state index contributed by atoms with van der Waals surface area (Å²) >= 11 is 6.12. The van der Waals surface area contributed by atoms with Gasteiger partial charge in [0.05, 0.1) is 6.42 Å². The predicted molar refractivity (Wildman–Crippen MR) is 101 cm³/mol. The summed E-state index contributed by atoms with van der Waals surface area (Å²) in [5, 5.41) is 3.59. The van der Waals surface area contributed by atoms with Gasteiger partial charge in [-0.05, 0) is 30.4 Å². The summed E-state index contributed by atoms with van der Waals surface area (Å²) in [5.74, 6) is 0.717. The highest BCUT2D eigenvalue weighted by Crippen LogP contribution is 2.16. The molecule has 0 unspecified atom stereocenters. The highest BCUT2D eigenvalue weighted by Gasteiger charge is 2.24. The van der Waals surface area contributed by atoms with E-state index in [2.05, 4.69) is 19.2 Å². The Kier molecular flexibility index (Phi) is 7.56. The first-order valence-electron chi connectivity index (χ1n) is 9.01. The lowest BCUT2D eigenvalue weighted by atomic mass is 10.1. The van der Waals surface area contributed by atoms with E-state index in [4.69, 9.17) is 11.6 Å². The van der Waals surface area contributed by atoms with Crippen LogP contribution in [0.3, 0.4) is 0 Å². The van der Waals surface area contributed by atoms with Gasteiger partial charge in [0.1, 0.15) is 0 Å². The quantitative estimate of drug-likeness (QED) is 0.787. The maximum atomic E-state index is 12.4. The van der Waals surface area contributed by atoms with E-state index in [1.165, 1.54) is 0 Å². The van der Waals surface area contributed by atoms with E-state index in [0.29, 0.717) is 50.1 Å². The van der Waals surface area contributed by atoms with Crippen molar-refractivity contribution in [3.05, 3.63) is 34.9 Å². The molecule has 0 spiro atoms. The number of nitrogens with one attached hydrogen (secondary N) is 1. The van der Waals surface area contributed by atoms with Gasteiger partial charge in [-0.15, -0.1) is 0 Å². The number of amides is 3. The smallest absolute Gasteiger partial charge is 0.317 e. The van der Waals surface area contributed by atoms with Crippen LogP contribution in [0.5, 0.6) is 0 Å². The van der Waals surface area contributed by atoms with E-state index in [0.717, 1.165) is 18.4 Å². The molecule has 0 bridgehead atoms. The Bertz CT molecular complexity index is 584. The molecule has 1 heterocycles. The van der Waals surface area contributed by atoms with Gasteiger partial charge in [0.2, 0.25) is 5.91 Å². The Labute approximate surface area is 155 Å². The van der Waals surface area contributed by atoms with Crippen molar-refractivity contribution in [2.45, 2.75) is 33.1 Å². The molecule has 1 fully saturated rings. The van der Waals surface area contributed by atoms with Gasteiger partial charge in [-0.1, -0.05) is 43.6 Å². The molecule has 1 aliphatic rings. The standard InChI is InChI=1S/C19H28ClN3O2/c1-15(2)6-5-9-21-19(25)23-12-10-22(11-13-23)18(24)14-16-7-3-4-8-17(16)20/h3-4,7-8,15H,5-6,9-14H2,1-2H3,(H,21,25). The van der Waals surface area contributed by atoms with Gasteiger partial charge >= 0.3 is 6.03 Å². The van der Waals surface area contributed by atoms with Gasteiger partial charge < -0.3 is 15.1 Å². The number of halogens is 1. The summed E-state index contributed by atoms with van der Waals surface area (Å²) in [6.45, 7) is 7.37. The lowest BCUT2D eigenvalue weighted by Gasteiger charge is -2.34. The van der Waals surface area contributed by atoms with E-state index < -0.39 is 0 Å². The third-order valence-electron chi connectivity index (χ3n) is 4.45. The molecule has 0 saturated carbocycles. The number of rotatable bonds is 6. The molecule has 1 saturated heterocycles. The number of hydrogen-bond acceptors (Lipinski definition) is 2. The summed E-state index contributed by atoms with van der Waals surface area (Å²) in [5.41, 5.74) is 0.847. The predicted octanol–water partition coefficient (Wildman–Crippen LogP) is 3.17.